The lowest BCUT2D eigenvalue weighted by Gasteiger charge is -1.96. The third kappa shape index (κ3) is 1.69. The van der Waals surface area contributed by atoms with Gasteiger partial charge in [-0.1, -0.05) is 6.07 Å². The minimum atomic E-state index is -1.12. The maximum Gasteiger partial charge on any atom is 0.358 e. The number of aromatic nitrogens is 4. The SMILES string of the molecule is Cc1ccc(-c2n[nH]nc2C(=O)O)nc1. The molecule has 0 saturated carbocycles. The first-order valence-electron chi connectivity index (χ1n) is 4.25. The van der Waals surface area contributed by atoms with Gasteiger partial charge in [-0.15, -0.1) is 5.10 Å². The molecule has 0 bridgehead atoms. The average molecular weight is 204 g/mol. The molecular formula is C9H8N4O2. The van der Waals surface area contributed by atoms with E-state index in [1.54, 1.807) is 12.3 Å². The van der Waals surface area contributed by atoms with Gasteiger partial charge in [0.05, 0.1) is 5.69 Å². The highest BCUT2D eigenvalue weighted by Gasteiger charge is 2.17. The largest absolute Gasteiger partial charge is 0.476 e. The zero-order valence-corrected chi connectivity index (χ0v) is 7.93. The number of carboxylic acid groups (broad SMARTS) is 1. The van der Waals surface area contributed by atoms with Crippen LogP contribution < -0.4 is 0 Å². The lowest BCUT2D eigenvalue weighted by molar-refractivity contribution is 0.0691. The van der Waals surface area contributed by atoms with Crippen molar-refractivity contribution >= 4 is 5.97 Å². The maximum absolute atomic E-state index is 10.8. The number of carboxylic acids is 1. The molecule has 2 N–H and O–H groups in total. The second-order valence-electron chi connectivity index (χ2n) is 3.05. The van der Waals surface area contributed by atoms with Gasteiger partial charge in [0.25, 0.3) is 0 Å². The van der Waals surface area contributed by atoms with E-state index < -0.39 is 5.97 Å². The van der Waals surface area contributed by atoms with Crippen LogP contribution in [0.5, 0.6) is 0 Å². The second kappa shape index (κ2) is 3.49. The predicted molar refractivity (Wildman–Crippen MR) is 51.3 cm³/mol. The van der Waals surface area contributed by atoms with Gasteiger partial charge in [0.15, 0.2) is 5.69 Å². The first kappa shape index (κ1) is 9.32. The number of H-pyrrole nitrogens is 1. The molecule has 0 aliphatic heterocycles. The molecule has 0 unspecified atom stereocenters. The highest BCUT2D eigenvalue weighted by molar-refractivity contribution is 5.91. The van der Waals surface area contributed by atoms with Crippen LogP contribution in [0.1, 0.15) is 16.1 Å². The second-order valence-corrected chi connectivity index (χ2v) is 3.05. The van der Waals surface area contributed by atoms with E-state index in [-0.39, 0.29) is 11.4 Å². The number of nitrogens with one attached hydrogen (secondary N) is 1. The number of aromatic amines is 1. The Kier molecular flexibility index (Phi) is 2.17. The Bertz CT molecular complexity index is 489. The zero-order valence-electron chi connectivity index (χ0n) is 7.93. The van der Waals surface area contributed by atoms with E-state index in [1.165, 1.54) is 0 Å². The summed E-state index contributed by atoms with van der Waals surface area (Å²) in [4.78, 5) is 14.9. The molecule has 2 rings (SSSR count). The smallest absolute Gasteiger partial charge is 0.358 e. The molecule has 15 heavy (non-hydrogen) atoms. The summed E-state index contributed by atoms with van der Waals surface area (Å²) >= 11 is 0. The van der Waals surface area contributed by atoms with Gasteiger partial charge in [0.2, 0.25) is 0 Å². The Hall–Kier alpha value is -2.24. The van der Waals surface area contributed by atoms with Crippen LogP contribution in [0.25, 0.3) is 11.4 Å². The highest BCUT2D eigenvalue weighted by atomic mass is 16.4. The van der Waals surface area contributed by atoms with Crippen LogP contribution in [0.3, 0.4) is 0 Å². The van der Waals surface area contributed by atoms with Crippen molar-refractivity contribution in [2.24, 2.45) is 0 Å². The summed E-state index contributed by atoms with van der Waals surface area (Å²) in [5.41, 5.74) is 1.62. The van der Waals surface area contributed by atoms with Crippen molar-refractivity contribution in [1.82, 2.24) is 20.4 Å². The molecule has 0 radical (unpaired) electrons. The van der Waals surface area contributed by atoms with Crippen molar-refractivity contribution in [3.63, 3.8) is 0 Å². The van der Waals surface area contributed by atoms with Crippen molar-refractivity contribution in [2.45, 2.75) is 6.92 Å². The topological polar surface area (TPSA) is 91.8 Å². The normalized spacial score (nSPS) is 10.2. The number of aryl methyl sites for hydroxylation is 1. The first-order chi connectivity index (χ1) is 7.18. The summed E-state index contributed by atoms with van der Waals surface area (Å²) in [6.07, 6.45) is 1.65. The van der Waals surface area contributed by atoms with E-state index in [9.17, 15) is 4.79 Å². The predicted octanol–water partition coefficient (Wildman–Crippen LogP) is 0.873. The molecule has 0 fully saturated rings. The summed E-state index contributed by atoms with van der Waals surface area (Å²) in [5, 5.41) is 18.4. The average Bonchev–Trinajstić information content (AvgIpc) is 2.67. The van der Waals surface area contributed by atoms with Crippen molar-refractivity contribution < 1.29 is 9.90 Å². The summed E-state index contributed by atoms with van der Waals surface area (Å²) in [5.74, 6) is -1.12. The molecule has 2 aromatic heterocycles. The fourth-order valence-corrected chi connectivity index (χ4v) is 1.17. The van der Waals surface area contributed by atoms with Crippen molar-refractivity contribution in [3.05, 3.63) is 29.6 Å². The number of hydrogen-bond acceptors (Lipinski definition) is 4. The molecule has 2 aromatic rings. The zero-order chi connectivity index (χ0) is 10.8. The molecule has 6 heteroatoms. The van der Waals surface area contributed by atoms with E-state index in [2.05, 4.69) is 20.4 Å². The number of nitrogens with zero attached hydrogens (tertiary/aromatic N) is 3. The van der Waals surface area contributed by atoms with Crippen LogP contribution in [-0.2, 0) is 0 Å². The Morgan fingerprint density at radius 3 is 2.80 bits per heavy atom. The van der Waals surface area contributed by atoms with Gasteiger partial charge in [-0.3, -0.25) is 4.98 Å². The van der Waals surface area contributed by atoms with E-state index in [4.69, 9.17) is 5.11 Å². The van der Waals surface area contributed by atoms with Crippen molar-refractivity contribution in [3.8, 4) is 11.4 Å². The summed E-state index contributed by atoms with van der Waals surface area (Å²) in [6.45, 7) is 1.90. The van der Waals surface area contributed by atoms with Crippen molar-refractivity contribution in [2.75, 3.05) is 0 Å². The van der Waals surface area contributed by atoms with Gasteiger partial charge in [-0.25, -0.2) is 4.79 Å². The minimum Gasteiger partial charge on any atom is -0.476 e. The van der Waals surface area contributed by atoms with Gasteiger partial charge in [0, 0.05) is 6.20 Å². The van der Waals surface area contributed by atoms with E-state index >= 15 is 0 Å². The van der Waals surface area contributed by atoms with E-state index in [1.807, 2.05) is 13.0 Å². The lowest BCUT2D eigenvalue weighted by atomic mass is 10.2. The molecule has 2 heterocycles. The third-order valence-corrected chi connectivity index (χ3v) is 1.90. The fraction of sp³-hybridized carbons (Fsp3) is 0.111. The molecule has 0 amide bonds. The van der Waals surface area contributed by atoms with Crippen LogP contribution in [0, 0.1) is 6.92 Å². The molecular weight excluding hydrogens is 196 g/mol. The number of pyridine rings is 1. The molecule has 0 aliphatic rings. The Labute approximate surface area is 85.0 Å². The van der Waals surface area contributed by atoms with Gasteiger partial charge >= 0.3 is 5.97 Å². The molecule has 0 saturated heterocycles. The monoisotopic (exact) mass is 204 g/mol. The van der Waals surface area contributed by atoms with Gasteiger partial charge in [0.1, 0.15) is 5.69 Å². The van der Waals surface area contributed by atoms with Gasteiger partial charge in [-0.05, 0) is 18.6 Å². The fourth-order valence-electron chi connectivity index (χ4n) is 1.17. The number of hydrogen-bond donors (Lipinski definition) is 2. The number of carbonyl (C=O) groups is 1. The summed E-state index contributed by atoms with van der Waals surface area (Å²) in [7, 11) is 0. The minimum absolute atomic E-state index is 0.119. The Balaban J connectivity index is 2.49. The molecule has 0 aromatic carbocycles. The van der Waals surface area contributed by atoms with Crippen LogP contribution in [-0.4, -0.2) is 31.5 Å². The first-order valence-corrected chi connectivity index (χ1v) is 4.25. The van der Waals surface area contributed by atoms with Gasteiger partial charge in [-0.2, -0.15) is 10.3 Å². The summed E-state index contributed by atoms with van der Waals surface area (Å²) < 4.78 is 0. The van der Waals surface area contributed by atoms with E-state index in [0.717, 1.165) is 5.56 Å². The molecule has 76 valence electrons. The number of rotatable bonds is 2. The van der Waals surface area contributed by atoms with Crippen LogP contribution in [0.4, 0.5) is 0 Å². The Morgan fingerprint density at radius 1 is 1.40 bits per heavy atom. The van der Waals surface area contributed by atoms with Crippen LogP contribution >= 0.6 is 0 Å². The number of aromatic carboxylic acids is 1. The molecule has 6 nitrogen and oxygen atoms in total. The van der Waals surface area contributed by atoms with Gasteiger partial charge < -0.3 is 5.11 Å². The molecule has 0 atom stereocenters. The Morgan fingerprint density at radius 2 is 2.20 bits per heavy atom. The molecule has 0 aliphatic carbocycles. The molecule has 0 spiro atoms. The quantitative estimate of drug-likeness (QED) is 0.757. The van der Waals surface area contributed by atoms with Crippen LogP contribution in [0.2, 0.25) is 0 Å². The third-order valence-electron chi connectivity index (χ3n) is 1.90. The highest BCUT2D eigenvalue weighted by Crippen LogP contribution is 2.16. The van der Waals surface area contributed by atoms with Crippen LogP contribution in [0.15, 0.2) is 18.3 Å². The summed E-state index contributed by atoms with van der Waals surface area (Å²) in [6, 6.07) is 3.54. The lowest BCUT2D eigenvalue weighted by Crippen LogP contribution is -2.00. The van der Waals surface area contributed by atoms with E-state index in [0.29, 0.717) is 5.69 Å². The van der Waals surface area contributed by atoms with Crippen molar-refractivity contribution in [1.29, 1.82) is 0 Å². The standard InChI is InChI=1S/C9H8N4O2/c1-5-2-3-6(10-4-5)7-8(9(14)15)12-13-11-7/h2-4H,1H3,(H,14,15)(H,11,12,13). The maximum atomic E-state index is 10.8.